The molecule has 0 spiro atoms. The normalized spacial score (nSPS) is 21.3. The number of nitrogens with zero attached hydrogens (tertiary/aromatic N) is 1. The Kier molecular flexibility index (Phi) is 5.55. The lowest BCUT2D eigenvalue weighted by atomic mass is 9.97. The van der Waals surface area contributed by atoms with E-state index in [1.54, 1.807) is 0 Å². The van der Waals surface area contributed by atoms with Gasteiger partial charge in [0.25, 0.3) is 0 Å². The minimum Gasteiger partial charge on any atom is -0.389 e. The summed E-state index contributed by atoms with van der Waals surface area (Å²) in [5.74, 6) is 2.12. The first kappa shape index (κ1) is 16.4. The van der Waals surface area contributed by atoms with Gasteiger partial charge in [-0.05, 0) is 49.3 Å². The van der Waals surface area contributed by atoms with Gasteiger partial charge in [0.05, 0.1) is 5.60 Å². The Morgan fingerprint density at radius 3 is 2.68 bits per heavy atom. The first-order valence-corrected chi connectivity index (χ1v) is 9.74. The number of hydrogen-bond acceptors (Lipinski definition) is 4. The Morgan fingerprint density at radius 1 is 1.23 bits per heavy atom. The molecular formula is C17H25ClN2OS. The van der Waals surface area contributed by atoms with Gasteiger partial charge in [0.1, 0.15) is 0 Å². The fraction of sp³-hybridized carbons (Fsp3) is 0.647. The second-order valence-corrected chi connectivity index (χ2v) is 8.00. The van der Waals surface area contributed by atoms with Crippen molar-refractivity contribution in [2.75, 3.05) is 36.0 Å². The van der Waals surface area contributed by atoms with Gasteiger partial charge in [0, 0.05) is 42.5 Å². The number of aliphatic hydroxyl groups is 1. The van der Waals surface area contributed by atoms with Crippen LogP contribution >= 0.6 is 23.4 Å². The summed E-state index contributed by atoms with van der Waals surface area (Å²) >= 11 is 8.36. The molecule has 0 unspecified atom stereocenters. The summed E-state index contributed by atoms with van der Waals surface area (Å²) in [6.07, 6.45) is 4.28. The molecule has 2 aliphatic rings. The third-order valence-corrected chi connectivity index (χ3v) is 6.06. The smallest absolute Gasteiger partial charge is 0.0787 e. The van der Waals surface area contributed by atoms with Gasteiger partial charge in [-0.2, -0.15) is 11.8 Å². The molecule has 0 bridgehead atoms. The third-order valence-electron chi connectivity index (χ3n) is 4.72. The molecule has 0 amide bonds. The van der Waals surface area contributed by atoms with Crippen LogP contribution < -0.4 is 10.2 Å². The largest absolute Gasteiger partial charge is 0.389 e. The quantitative estimate of drug-likeness (QED) is 0.862. The van der Waals surface area contributed by atoms with E-state index >= 15 is 0 Å². The molecule has 1 aromatic rings. The molecule has 22 heavy (non-hydrogen) atoms. The molecule has 2 fully saturated rings. The van der Waals surface area contributed by atoms with Gasteiger partial charge in [0.15, 0.2) is 0 Å². The molecule has 122 valence electrons. The molecule has 0 atom stereocenters. The van der Waals surface area contributed by atoms with E-state index in [9.17, 15) is 5.11 Å². The van der Waals surface area contributed by atoms with Crippen molar-refractivity contribution in [1.29, 1.82) is 0 Å². The number of thioether (sulfide) groups is 1. The van der Waals surface area contributed by atoms with Gasteiger partial charge >= 0.3 is 0 Å². The Hall–Kier alpha value is -0.420. The van der Waals surface area contributed by atoms with Crippen LogP contribution in [0.5, 0.6) is 0 Å². The first-order valence-electron chi connectivity index (χ1n) is 8.21. The van der Waals surface area contributed by atoms with Gasteiger partial charge in [-0.25, -0.2) is 0 Å². The molecular weight excluding hydrogens is 316 g/mol. The van der Waals surface area contributed by atoms with E-state index < -0.39 is 5.60 Å². The van der Waals surface area contributed by atoms with E-state index in [-0.39, 0.29) is 0 Å². The van der Waals surface area contributed by atoms with Crippen LogP contribution in [0.25, 0.3) is 0 Å². The zero-order valence-corrected chi connectivity index (χ0v) is 14.6. The fourth-order valence-corrected chi connectivity index (χ4v) is 4.81. The van der Waals surface area contributed by atoms with E-state index in [1.165, 1.54) is 24.1 Å². The summed E-state index contributed by atoms with van der Waals surface area (Å²) in [4.78, 5) is 2.43. The Bertz CT molecular complexity index is 499. The molecule has 0 aromatic heterocycles. The van der Waals surface area contributed by atoms with Crippen LogP contribution in [0.1, 0.15) is 31.2 Å². The summed E-state index contributed by atoms with van der Waals surface area (Å²) in [6.45, 7) is 3.61. The highest BCUT2D eigenvalue weighted by molar-refractivity contribution is 7.99. The van der Waals surface area contributed by atoms with Gasteiger partial charge in [0.2, 0.25) is 0 Å². The van der Waals surface area contributed by atoms with Gasteiger partial charge in [-0.3, -0.25) is 0 Å². The summed E-state index contributed by atoms with van der Waals surface area (Å²) < 4.78 is 0. The number of nitrogens with one attached hydrogen (secondary N) is 1. The number of benzene rings is 1. The van der Waals surface area contributed by atoms with Crippen molar-refractivity contribution in [3.05, 3.63) is 28.8 Å². The SMILES string of the molecule is OC1(CNCc2c(Cl)cccc2N2CCCC2)CCSCC1. The van der Waals surface area contributed by atoms with Crippen molar-refractivity contribution < 1.29 is 5.11 Å². The van der Waals surface area contributed by atoms with Crippen molar-refractivity contribution in [3.8, 4) is 0 Å². The Labute approximate surface area is 142 Å². The van der Waals surface area contributed by atoms with Crippen LogP contribution in [0.4, 0.5) is 5.69 Å². The lowest BCUT2D eigenvalue weighted by Gasteiger charge is -2.32. The monoisotopic (exact) mass is 340 g/mol. The van der Waals surface area contributed by atoms with E-state index in [4.69, 9.17) is 11.6 Å². The summed E-state index contributed by atoms with van der Waals surface area (Å²) in [5, 5.41) is 14.8. The second kappa shape index (κ2) is 7.43. The van der Waals surface area contributed by atoms with Gasteiger partial charge in [-0.15, -0.1) is 0 Å². The third kappa shape index (κ3) is 3.91. The average molecular weight is 341 g/mol. The molecule has 2 N–H and O–H groups in total. The van der Waals surface area contributed by atoms with Crippen LogP contribution in [-0.4, -0.2) is 41.8 Å². The fourth-order valence-electron chi connectivity index (χ4n) is 3.32. The minimum atomic E-state index is -0.541. The van der Waals surface area contributed by atoms with Gasteiger partial charge < -0.3 is 15.3 Å². The van der Waals surface area contributed by atoms with Crippen LogP contribution in [0.3, 0.4) is 0 Å². The molecule has 3 rings (SSSR count). The van der Waals surface area contributed by atoms with Crippen LogP contribution in [0.15, 0.2) is 18.2 Å². The minimum absolute atomic E-state index is 0.541. The molecule has 0 aliphatic carbocycles. The standard InChI is InChI=1S/C17H25ClN2OS/c18-15-4-3-5-16(20-8-1-2-9-20)14(15)12-19-13-17(21)6-10-22-11-7-17/h3-5,19,21H,1-2,6-13H2. The molecule has 1 aromatic carbocycles. The van der Waals surface area contributed by atoms with E-state index in [1.807, 2.05) is 23.9 Å². The van der Waals surface area contributed by atoms with Gasteiger partial charge in [-0.1, -0.05) is 17.7 Å². The maximum Gasteiger partial charge on any atom is 0.0787 e. The van der Waals surface area contributed by atoms with Crippen molar-refractivity contribution in [1.82, 2.24) is 5.32 Å². The molecule has 2 saturated heterocycles. The zero-order chi connectivity index (χ0) is 15.4. The Morgan fingerprint density at radius 2 is 1.95 bits per heavy atom. The maximum atomic E-state index is 10.6. The highest BCUT2D eigenvalue weighted by Crippen LogP contribution is 2.30. The van der Waals surface area contributed by atoms with Crippen molar-refractivity contribution >= 4 is 29.1 Å². The number of hydrogen-bond donors (Lipinski definition) is 2. The summed E-state index contributed by atoms with van der Waals surface area (Å²) in [6, 6.07) is 6.16. The second-order valence-electron chi connectivity index (χ2n) is 6.37. The van der Waals surface area contributed by atoms with E-state index in [0.29, 0.717) is 6.54 Å². The first-order chi connectivity index (χ1) is 10.7. The van der Waals surface area contributed by atoms with Crippen LogP contribution in [-0.2, 0) is 6.54 Å². The molecule has 2 heterocycles. The molecule has 0 saturated carbocycles. The van der Waals surface area contributed by atoms with Crippen LogP contribution in [0.2, 0.25) is 5.02 Å². The predicted octanol–water partition coefficient (Wildman–Crippen LogP) is 3.29. The van der Waals surface area contributed by atoms with E-state index in [2.05, 4.69) is 16.3 Å². The highest BCUT2D eigenvalue weighted by Gasteiger charge is 2.29. The van der Waals surface area contributed by atoms with Crippen molar-refractivity contribution in [2.24, 2.45) is 0 Å². The maximum absolute atomic E-state index is 10.6. The lowest BCUT2D eigenvalue weighted by molar-refractivity contribution is 0.0320. The molecule has 0 radical (unpaired) electrons. The summed E-state index contributed by atoms with van der Waals surface area (Å²) in [7, 11) is 0. The molecule has 2 aliphatic heterocycles. The van der Waals surface area contributed by atoms with Crippen molar-refractivity contribution in [3.63, 3.8) is 0 Å². The van der Waals surface area contributed by atoms with Crippen LogP contribution in [0, 0.1) is 0 Å². The number of anilines is 1. The topological polar surface area (TPSA) is 35.5 Å². The zero-order valence-electron chi connectivity index (χ0n) is 13.0. The van der Waals surface area contributed by atoms with Crippen molar-refractivity contribution in [2.45, 2.75) is 37.8 Å². The predicted molar refractivity (Wildman–Crippen MR) is 96.1 cm³/mol. The molecule has 5 heteroatoms. The lowest BCUT2D eigenvalue weighted by Crippen LogP contribution is -2.43. The highest BCUT2D eigenvalue weighted by atomic mass is 35.5. The number of halogens is 1. The van der Waals surface area contributed by atoms with E-state index in [0.717, 1.165) is 49.0 Å². The number of rotatable bonds is 5. The Balaban J connectivity index is 1.64. The average Bonchev–Trinajstić information content (AvgIpc) is 3.03. The molecule has 3 nitrogen and oxygen atoms in total. The summed E-state index contributed by atoms with van der Waals surface area (Å²) in [5.41, 5.74) is 1.88.